The lowest BCUT2D eigenvalue weighted by atomic mass is 10.1. The summed E-state index contributed by atoms with van der Waals surface area (Å²) in [5, 5.41) is 0. The quantitative estimate of drug-likeness (QED) is 0.183. The Morgan fingerprint density at radius 2 is 1.61 bits per heavy atom. The average Bonchev–Trinajstić information content (AvgIpc) is 2.41. The molecule has 0 saturated heterocycles. The Labute approximate surface area is 166 Å². The molecule has 0 unspecified atom stereocenters. The first kappa shape index (κ1) is 24.4. The predicted molar refractivity (Wildman–Crippen MR) is 85.3 cm³/mol. The fourth-order valence-corrected chi connectivity index (χ4v) is 3.18. The second-order valence-corrected chi connectivity index (χ2v) is 7.80. The van der Waals surface area contributed by atoms with Gasteiger partial charge in [0, 0.05) is 10.5 Å². The van der Waals surface area contributed by atoms with Gasteiger partial charge in [-0.15, -0.1) is 0 Å². The second kappa shape index (κ2) is 8.02. The Kier molecular flexibility index (Phi) is 6.99. The SMILES string of the molecule is CC(=O)Oc1cc(I)ccc1C(=O)OC(CS(=O)(=O)[O-])(C(F)(F)F)C(F)(F)F. The molecule has 0 spiro atoms. The van der Waals surface area contributed by atoms with E-state index < -0.39 is 57.1 Å². The van der Waals surface area contributed by atoms with E-state index in [-0.39, 0.29) is 3.57 Å². The molecular formula is C13H8F6IO7S-. The summed E-state index contributed by atoms with van der Waals surface area (Å²) in [6, 6.07) is 2.70. The van der Waals surface area contributed by atoms with Crippen LogP contribution in [0.2, 0.25) is 0 Å². The van der Waals surface area contributed by atoms with Crippen molar-refractivity contribution in [3.05, 3.63) is 27.3 Å². The standard InChI is InChI=1S/C13H9F6IO7S/c1-6(21)26-9-4-7(20)2-3-8(9)10(22)27-11(12(14,15)16,13(17,18)19)5-28(23,24)25/h2-4H,5H2,1H3,(H,23,24,25)/p-1. The molecule has 0 radical (unpaired) electrons. The molecular weight excluding hydrogens is 541 g/mol. The van der Waals surface area contributed by atoms with E-state index in [2.05, 4.69) is 9.47 Å². The highest BCUT2D eigenvalue weighted by molar-refractivity contribution is 14.1. The fraction of sp³-hybridized carbons (Fsp3) is 0.385. The number of benzene rings is 1. The van der Waals surface area contributed by atoms with Gasteiger partial charge in [0.2, 0.25) is 0 Å². The van der Waals surface area contributed by atoms with Crippen LogP contribution in [0, 0.1) is 3.57 Å². The van der Waals surface area contributed by atoms with Crippen molar-refractivity contribution in [2.75, 3.05) is 5.75 Å². The second-order valence-electron chi connectivity index (χ2n) is 5.15. The molecule has 0 aliphatic heterocycles. The number of hydrogen-bond acceptors (Lipinski definition) is 7. The number of carbonyl (C=O) groups is 2. The molecule has 28 heavy (non-hydrogen) atoms. The molecule has 0 bridgehead atoms. The highest BCUT2D eigenvalue weighted by Gasteiger charge is 2.75. The first-order chi connectivity index (χ1) is 12.4. The van der Waals surface area contributed by atoms with Gasteiger partial charge in [-0.05, 0) is 40.8 Å². The Balaban J connectivity index is 3.57. The topological polar surface area (TPSA) is 110 Å². The minimum Gasteiger partial charge on any atom is -0.748 e. The zero-order valence-corrected chi connectivity index (χ0v) is 16.3. The van der Waals surface area contributed by atoms with Gasteiger partial charge in [-0.25, -0.2) is 13.2 Å². The van der Waals surface area contributed by atoms with E-state index in [9.17, 15) is 48.9 Å². The number of rotatable bonds is 5. The van der Waals surface area contributed by atoms with Crippen LogP contribution in [-0.4, -0.2) is 48.6 Å². The third-order valence-electron chi connectivity index (χ3n) is 2.98. The monoisotopic (exact) mass is 549 g/mol. The molecule has 0 saturated carbocycles. The van der Waals surface area contributed by atoms with Crippen LogP contribution in [-0.2, 0) is 19.6 Å². The lowest BCUT2D eigenvalue weighted by Gasteiger charge is -2.36. The van der Waals surface area contributed by atoms with E-state index in [0.29, 0.717) is 6.07 Å². The van der Waals surface area contributed by atoms with Gasteiger partial charge >= 0.3 is 29.9 Å². The van der Waals surface area contributed by atoms with Gasteiger partial charge < -0.3 is 14.0 Å². The van der Waals surface area contributed by atoms with Gasteiger partial charge in [-0.3, -0.25) is 4.79 Å². The Bertz CT molecular complexity index is 864. The number of carbonyl (C=O) groups excluding carboxylic acids is 2. The highest BCUT2D eigenvalue weighted by Crippen LogP contribution is 2.47. The van der Waals surface area contributed by atoms with Gasteiger partial charge in [0.05, 0.1) is 15.9 Å². The molecule has 0 atom stereocenters. The van der Waals surface area contributed by atoms with Crippen LogP contribution in [0.1, 0.15) is 17.3 Å². The van der Waals surface area contributed by atoms with Crippen LogP contribution in [0.4, 0.5) is 26.3 Å². The predicted octanol–water partition coefficient (Wildman–Crippen LogP) is 2.78. The summed E-state index contributed by atoms with van der Waals surface area (Å²) in [5.41, 5.74) is -6.66. The van der Waals surface area contributed by atoms with Crippen molar-refractivity contribution in [3.63, 3.8) is 0 Å². The Hall–Kier alpha value is -1.62. The first-order valence-corrected chi connectivity index (χ1v) is 9.33. The van der Waals surface area contributed by atoms with Crippen LogP contribution < -0.4 is 4.74 Å². The number of ether oxygens (including phenoxy) is 2. The third kappa shape index (κ3) is 5.69. The molecule has 0 heterocycles. The largest absolute Gasteiger partial charge is 0.748 e. The molecule has 7 nitrogen and oxygen atoms in total. The van der Waals surface area contributed by atoms with Crippen molar-refractivity contribution >= 4 is 44.6 Å². The van der Waals surface area contributed by atoms with Gasteiger partial charge in [0.25, 0.3) is 0 Å². The summed E-state index contributed by atoms with van der Waals surface area (Å²) in [6.45, 7) is 0.842. The van der Waals surface area contributed by atoms with Gasteiger partial charge in [0.15, 0.2) is 0 Å². The van der Waals surface area contributed by atoms with E-state index in [1.165, 1.54) is 0 Å². The maximum absolute atomic E-state index is 13.2. The van der Waals surface area contributed by atoms with Crippen molar-refractivity contribution in [1.29, 1.82) is 0 Å². The van der Waals surface area contributed by atoms with Crippen LogP contribution in [0.25, 0.3) is 0 Å². The molecule has 0 aliphatic carbocycles. The maximum atomic E-state index is 13.2. The molecule has 0 amide bonds. The van der Waals surface area contributed by atoms with Crippen LogP contribution in [0.5, 0.6) is 5.75 Å². The zero-order valence-electron chi connectivity index (χ0n) is 13.4. The molecule has 1 aromatic carbocycles. The number of halogens is 7. The third-order valence-corrected chi connectivity index (χ3v) is 4.41. The minimum absolute atomic E-state index is 0.283. The summed E-state index contributed by atoms with van der Waals surface area (Å²) in [7, 11) is -6.17. The van der Waals surface area contributed by atoms with Crippen molar-refractivity contribution in [2.24, 2.45) is 0 Å². The van der Waals surface area contributed by atoms with Crippen molar-refractivity contribution in [3.8, 4) is 5.75 Å². The summed E-state index contributed by atoms with van der Waals surface area (Å²) in [5.74, 6) is -7.24. The lowest BCUT2D eigenvalue weighted by molar-refractivity contribution is -0.356. The molecule has 0 N–H and O–H groups in total. The molecule has 15 heteroatoms. The van der Waals surface area contributed by atoms with E-state index >= 15 is 0 Å². The van der Waals surface area contributed by atoms with Crippen molar-refractivity contribution in [2.45, 2.75) is 24.9 Å². The number of esters is 2. The molecule has 158 valence electrons. The summed E-state index contributed by atoms with van der Waals surface area (Å²) in [4.78, 5) is 23.1. The molecule has 0 fully saturated rings. The molecule has 1 rings (SSSR count). The lowest BCUT2D eigenvalue weighted by Crippen LogP contribution is -2.63. The number of hydrogen-bond donors (Lipinski definition) is 0. The molecule has 0 aromatic heterocycles. The van der Waals surface area contributed by atoms with E-state index in [1.54, 1.807) is 22.6 Å². The smallest absolute Gasteiger partial charge is 0.438 e. The first-order valence-electron chi connectivity index (χ1n) is 6.68. The van der Waals surface area contributed by atoms with Gasteiger partial charge in [-0.1, -0.05) is 0 Å². The van der Waals surface area contributed by atoms with Crippen LogP contribution >= 0.6 is 22.6 Å². The normalized spacial score (nSPS) is 13.2. The summed E-state index contributed by atoms with van der Waals surface area (Å²) < 4.78 is 119. The van der Waals surface area contributed by atoms with Crippen LogP contribution in [0.3, 0.4) is 0 Å². The molecule has 1 aromatic rings. The summed E-state index contributed by atoms with van der Waals surface area (Å²) >= 11 is 1.64. The van der Waals surface area contributed by atoms with E-state index in [4.69, 9.17) is 0 Å². The molecule has 0 aliphatic rings. The van der Waals surface area contributed by atoms with Crippen molar-refractivity contribution < 1.29 is 58.4 Å². The zero-order chi connectivity index (χ0) is 22.1. The maximum Gasteiger partial charge on any atom is 0.438 e. The van der Waals surface area contributed by atoms with Crippen molar-refractivity contribution in [1.82, 2.24) is 0 Å². The fourth-order valence-electron chi connectivity index (χ4n) is 1.84. The Morgan fingerprint density at radius 1 is 1.11 bits per heavy atom. The average molecular weight is 549 g/mol. The van der Waals surface area contributed by atoms with E-state index in [1.807, 2.05) is 0 Å². The van der Waals surface area contributed by atoms with Gasteiger partial charge in [0.1, 0.15) is 11.3 Å². The van der Waals surface area contributed by atoms with Crippen LogP contribution in [0.15, 0.2) is 18.2 Å². The highest BCUT2D eigenvalue weighted by atomic mass is 127. The minimum atomic E-state index is -6.51. The summed E-state index contributed by atoms with van der Waals surface area (Å²) in [6.07, 6.45) is -13.0. The Morgan fingerprint density at radius 3 is 2.00 bits per heavy atom. The van der Waals surface area contributed by atoms with Gasteiger partial charge in [-0.2, -0.15) is 26.3 Å². The van der Waals surface area contributed by atoms with E-state index in [0.717, 1.165) is 19.1 Å². The number of alkyl halides is 6.